The highest BCUT2D eigenvalue weighted by Crippen LogP contribution is 2.49. The summed E-state index contributed by atoms with van der Waals surface area (Å²) in [5.74, 6) is 4.69. The Morgan fingerprint density at radius 1 is 0.540 bits per heavy atom. The third kappa shape index (κ3) is 8.29. The van der Waals surface area contributed by atoms with Crippen molar-refractivity contribution in [3.05, 3.63) is 122 Å². The number of ketones is 1. The van der Waals surface area contributed by atoms with Crippen LogP contribution in [0.1, 0.15) is 76.3 Å². The van der Waals surface area contributed by atoms with E-state index in [1.54, 1.807) is 0 Å². The molecule has 3 aliphatic carbocycles. The summed E-state index contributed by atoms with van der Waals surface area (Å²) in [5.41, 5.74) is 16.8. The molecule has 3 aliphatic rings. The van der Waals surface area contributed by atoms with E-state index < -0.39 is 5.60 Å². The average Bonchev–Trinajstić information content (AvgIpc) is 4.01. The van der Waals surface area contributed by atoms with Crippen molar-refractivity contribution < 1.29 is 19.4 Å². The summed E-state index contributed by atoms with van der Waals surface area (Å²) in [6, 6.07) is 35.3. The number of hydrogen-bond acceptors (Lipinski definition) is 12. The number of nitrogen functional groups attached to an aromatic ring is 2. The molecule has 11 rings (SSSR count). The number of fused-ring (bicyclic) bond motifs is 2. The molecule has 0 spiro atoms. The number of ether oxygens (including phenoxy) is 2. The fraction of sp³-hybridized carbons (Fsp3) is 0.286. The molecule has 0 amide bonds. The highest BCUT2D eigenvalue weighted by molar-refractivity contribution is 5.99. The van der Waals surface area contributed by atoms with Gasteiger partial charge in [0.25, 0.3) is 0 Å². The Kier molecular flexibility index (Phi) is 10.7. The van der Waals surface area contributed by atoms with Crippen LogP contribution >= 0.6 is 0 Å². The summed E-state index contributed by atoms with van der Waals surface area (Å²) in [6.45, 7) is 0. The maximum absolute atomic E-state index is 11.7. The highest BCUT2D eigenvalue weighted by Gasteiger charge is 2.46. The van der Waals surface area contributed by atoms with E-state index in [1.807, 2.05) is 119 Å². The van der Waals surface area contributed by atoms with Crippen LogP contribution in [0.25, 0.3) is 44.6 Å². The molecule has 3 saturated carbocycles. The van der Waals surface area contributed by atoms with E-state index in [0.29, 0.717) is 41.8 Å². The number of rotatable bonds is 9. The number of nitrogens with two attached hydrogens (primary N) is 2. The van der Waals surface area contributed by atoms with Crippen LogP contribution in [-0.2, 0) is 4.79 Å². The third-order valence-electron chi connectivity index (χ3n) is 12.6. The van der Waals surface area contributed by atoms with Crippen LogP contribution < -0.4 is 20.9 Å². The SMILES string of the molecule is Nc1ncnc2c1c(-c1ccc(Oc3ccccc3)cc1)nn2C1CCC(=O)CC1.Nc1ncnc2c1c(-c1ccc(Oc3ccccc3)cc1)nn2C1CCC(O)(C2CC2)CC1. The topological polar surface area (TPSA) is 195 Å². The van der Waals surface area contributed by atoms with E-state index in [4.69, 9.17) is 31.1 Å². The van der Waals surface area contributed by atoms with Crippen molar-refractivity contribution in [1.29, 1.82) is 0 Å². The Hall–Kier alpha value is -7.19. The highest BCUT2D eigenvalue weighted by atomic mass is 16.5. The number of aliphatic hydroxyl groups is 1. The fourth-order valence-corrected chi connectivity index (χ4v) is 9.06. The molecule has 4 heterocycles. The Morgan fingerprint density at radius 2 is 0.952 bits per heavy atom. The first-order valence-corrected chi connectivity index (χ1v) is 21.7. The minimum absolute atomic E-state index is 0.133. The molecule has 4 aromatic heterocycles. The van der Waals surface area contributed by atoms with E-state index in [1.165, 1.54) is 12.7 Å². The lowest BCUT2D eigenvalue weighted by Gasteiger charge is -2.36. The molecule has 3 fully saturated rings. The molecule has 63 heavy (non-hydrogen) atoms. The van der Waals surface area contributed by atoms with Gasteiger partial charge in [-0.05, 0) is 130 Å². The van der Waals surface area contributed by atoms with Gasteiger partial charge in [-0.15, -0.1) is 0 Å². The van der Waals surface area contributed by atoms with Crippen molar-refractivity contribution >= 4 is 39.5 Å². The minimum atomic E-state index is -0.495. The Balaban J connectivity index is 0.000000150. The van der Waals surface area contributed by atoms with Gasteiger partial charge in [-0.2, -0.15) is 10.2 Å². The normalized spacial score (nSPS) is 19.1. The van der Waals surface area contributed by atoms with Crippen molar-refractivity contribution in [2.45, 2.75) is 81.9 Å². The van der Waals surface area contributed by atoms with Gasteiger partial charge < -0.3 is 26.0 Å². The molecular formula is C49H48N10O4. The number of Topliss-reactive ketones (excluding diaryl/α,β-unsaturated/α-hetero) is 1. The molecule has 318 valence electrons. The minimum Gasteiger partial charge on any atom is -0.457 e. The lowest BCUT2D eigenvalue weighted by molar-refractivity contribution is -0.120. The second kappa shape index (κ2) is 16.9. The predicted octanol–water partition coefficient (Wildman–Crippen LogP) is 9.68. The van der Waals surface area contributed by atoms with Gasteiger partial charge in [0, 0.05) is 24.0 Å². The van der Waals surface area contributed by atoms with Crippen molar-refractivity contribution in [1.82, 2.24) is 39.5 Å². The number of carbonyl (C=O) groups excluding carboxylic acids is 1. The van der Waals surface area contributed by atoms with Gasteiger partial charge in [0.1, 0.15) is 64.5 Å². The van der Waals surface area contributed by atoms with E-state index in [0.717, 1.165) is 113 Å². The molecule has 0 aliphatic heterocycles. The van der Waals surface area contributed by atoms with Crippen LogP contribution in [0.4, 0.5) is 11.6 Å². The van der Waals surface area contributed by atoms with Crippen LogP contribution in [-0.4, -0.2) is 56.0 Å². The first-order valence-electron chi connectivity index (χ1n) is 21.7. The van der Waals surface area contributed by atoms with E-state index >= 15 is 0 Å². The Bertz CT molecular complexity index is 2860. The van der Waals surface area contributed by atoms with Gasteiger partial charge in [0.05, 0.1) is 28.5 Å². The monoisotopic (exact) mass is 840 g/mol. The first kappa shape index (κ1) is 39.9. The van der Waals surface area contributed by atoms with Gasteiger partial charge in [0.15, 0.2) is 11.3 Å². The molecule has 0 radical (unpaired) electrons. The van der Waals surface area contributed by atoms with Crippen LogP contribution in [0.2, 0.25) is 0 Å². The molecule has 0 unspecified atom stereocenters. The zero-order valence-electron chi connectivity index (χ0n) is 34.8. The Labute approximate surface area is 363 Å². The van der Waals surface area contributed by atoms with E-state index in [2.05, 4.69) is 19.9 Å². The molecule has 8 aromatic rings. The summed E-state index contributed by atoms with van der Waals surface area (Å²) in [5, 5.41) is 22.3. The maximum atomic E-state index is 11.7. The molecule has 0 saturated heterocycles. The molecule has 5 N–H and O–H groups in total. The van der Waals surface area contributed by atoms with E-state index in [-0.39, 0.29) is 12.1 Å². The number of anilines is 2. The summed E-state index contributed by atoms with van der Waals surface area (Å²) >= 11 is 0. The second-order valence-corrected chi connectivity index (χ2v) is 16.8. The number of nitrogens with zero attached hydrogens (tertiary/aromatic N) is 8. The zero-order valence-corrected chi connectivity index (χ0v) is 34.8. The standard InChI is InChI=1S/C26H27N5O2.C23H21N5O2/c27-24-22-23(17-6-10-21(11-7-17)33-20-4-2-1-3-5-20)30-31(25(22)29-16-28-24)19-12-14-26(32,15-13-19)18-8-9-18;24-22-20-21(15-6-12-19(13-7-15)30-18-4-2-1-3-5-18)27-28(23(20)26-14-25-22)16-8-10-17(29)11-9-16/h1-7,10-11,16,18-19,32H,8-9,12-15H2,(H2,27,28,29);1-7,12-14,16H,8-11H2,(H2,24,25,26). The molecule has 0 bridgehead atoms. The number of carbonyl (C=O) groups is 1. The van der Waals surface area contributed by atoms with Gasteiger partial charge in [0.2, 0.25) is 0 Å². The summed E-state index contributed by atoms with van der Waals surface area (Å²) in [6.07, 6.45) is 11.4. The predicted molar refractivity (Wildman–Crippen MR) is 241 cm³/mol. The van der Waals surface area contributed by atoms with Crippen LogP contribution in [0.5, 0.6) is 23.0 Å². The molecular weight excluding hydrogens is 793 g/mol. The van der Waals surface area contributed by atoms with Crippen molar-refractivity contribution in [2.24, 2.45) is 5.92 Å². The average molecular weight is 841 g/mol. The summed E-state index contributed by atoms with van der Waals surface area (Å²) in [4.78, 5) is 29.1. The quantitative estimate of drug-likeness (QED) is 0.125. The van der Waals surface area contributed by atoms with Gasteiger partial charge in [-0.1, -0.05) is 36.4 Å². The van der Waals surface area contributed by atoms with Gasteiger partial charge in [-0.3, -0.25) is 4.79 Å². The summed E-state index contributed by atoms with van der Waals surface area (Å²) < 4.78 is 15.7. The molecule has 14 heteroatoms. The maximum Gasteiger partial charge on any atom is 0.164 e. The molecule has 4 aromatic carbocycles. The van der Waals surface area contributed by atoms with Crippen molar-refractivity contribution in [3.63, 3.8) is 0 Å². The number of benzene rings is 4. The van der Waals surface area contributed by atoms with Crippen molar-refractivity contribution in [2.75, 3.05) is 11.5 Å². The zero-order chi connectivity index (χ0) is 42.9. The number of hydrogen-bond donors (Lipinski definition) is 3. The third-order valence-corrected chi connectivity index (χ3v) is 12.6. The lowest BCUT2D eigenvalue weighted by atomic mass is 9.79. The molecule has 0 atom stereocenters. The van der Waals surface area contributed by atoms with Crippen LogP contribution in [0.3, 0.4) is 0 Å². The lowest BCUT2D eigenvalue weighted by Crippen LogP contribution is -2.37. The van der Waals surface area contributed by atoms with E-state index in [9.17, 15) is 9.90 Å². The second-order valence-electron chi connectivity index (χ2n) is 16.8. The van der Waals surface area contributed by atoms with Gasteiger partial charge >= 0.3 is 0 Å². The first-order chi connectivity index (χ1) is 30.8. The fourth-order valence-electron chi connectivity index (χ4n) is 9.06. The molecule has 14 nitrogen and oxygen atoms in total. The number of aromatic nitrogens is 8. The largest absolute Gasteiger partial charge is 0.457 e. The van der Waals surface area contributed by atoms with Gasteiger partial charge in [-0.25, -0.2) is 29.3 Å². The van der Waals surface area contributed by atoms with Crippen molar-refractivity contribution in [3.8, 4) is 45.5 Å². The van der Waals surface area contributed by atoms with Crippen LogP contribution in [0, 0.1) is 5.92 Å². The summed E-state index contributed by atoms with van der Waals surface area (Å²) in [7, 11) is 0. The smallest absolute Gasteiger partial charge is 0.164 e. The van der Waals surface area contributed by atoms with Crippen LogP contribution in [0.15, 0.2) is 122 Å². The Morgan fingerprint density at radius 3 is 1.38 bits per heavy atom. The number of para-hydroxylation sites is 2.